The lowest BCUT2D eigenvalue weighted by Crippen LogP contribution is -2.49. The van der Waals surface area contributed by atoms with E-state index < -0.39 is 0 Å². The van der Waals surface area contributed by atoms with Crippen LogP contribution in [0, 0.1) is 35.0 Å². The maximum Gasteiger partial charge on any atom is 0.136 e. The van der Waals surface area contributed by atoms with Crippen LogP contribution in [0.2, 0.25) is 0 Å². The lowest BCUT2D eigenvalue weighted by Gasteiger charge is -2.50. The zero-order valence-electron chi connectivity index (χ0n) is 13.3. The lowest BCUT2D eigenvalue weighted by atomic mass is 9.53. The lowest BCUT2D eigenvalue weighted by molar-refractivity contribution is -0.142. The van der Waals surface area contributed by atoms with Crippen molar-refractivity contribution >= 4 is 11.6 Å². The third-order valence-corrected chi connectivity index (χ3v) is 6.94. The fraction of sp³-hybridized carbons (Fsp3) is 0.889. The number of hydrogen-bond donors (Lipinski definition) is 1. The molecule has 0 bridgehead atoms. The largest absolute Gasteiger partial charge is 0.396 e. The van der Waals surface area contributed by atoms with Crippen LogP contribution < -0.4 is 0 Å². The maximum absolute atomic E-state index is 12.7. The number of fused-ring (bicyclic) bond motifs is 3. The summed E-state index contributed by atoms with van der Waals surface area (Å²) in [4.78, 5) is 24.7. The van der Waals surface area contributed by atoms with Gasteiger partial charge in [-0.1, -0.05) is 13.3 Å². The molecule has 0 spiro atoms. The fourth-order valence-corrected chi connectivity index (χ4v) is 5.97. The number of ketones is 2. The van der Waals surface area contributed by atoms with E-state index in [0.29, 0.717) is 30.0 Å². The average Bonchev–Trinajstić information content (AvgIpc) is 2.76. The van der Waals surface area contributed by atoms with Crippen molar-refractivity contribution in [2.75, 3.05) is 6.61 Å². The predicted molar refractivity (Wildman–Crippen MR) is 80.6 cm³/mol. The molecule has 0 amide bonds. The Morgan fingerprint density at radius 1 is 1.29 bits per heavy atom. The first-order chi connectivity index (χ1) is 9.97. The van der Waals surface area contributed by atoms with Gasteiger partial charge in [0, 0.05) is 24.9 Å². The Morgan fingerprint density at radius 2 is 2.05 bits per heavy atom. The molecule has 21 heavy (non-hydrogen) atoms. The summed E-state index contributed by atoms with van der Waals surface area (Å²) in [6.07, 6.45) is 6.79. The molecule has 3 saturated carbocycles. The second kappa shape index (κ2) is 5.49. The molecule has 3 heteroatoms. The van der Waals surface area contributed by atoms with E-state index in [0.717, 1.165) is 38.5 Å². The van der Waals surface area contributed by atoms with Crippen molar-refractivity contribution in [2.24, 2.45) is 35.0 Å². The molecule has 0 aromatic heterocycles. The highest BCUT2D eigenvalue weighted by Gasteiger charge is 2.58. The van der Waals surface area contributed by atoms with Gasteiger partial charge < -0.3 is 5.11 Å². The Hall–Kier alpha value is -0.700. The van der Waals surface area contributed by atoms with Gasteiger partial charge in [-0.15, -0.1) is 0 Å². The summed E-state index contributed by atoms with van der Waals surface area (Å²) in [5.41, 5.74) is -0.0755. The second-order valence-electron chi connectivity index (χ2n) is 7.96. The molecule has 3 nitrogen and oxygen atoms in total. The van der Waals surface area contributed by atoms with E-state index in [1.54, 1.807) is 6.92 Å². The van der Waals surface area contributed by atoms with Crippen LogP contribution in [-0.2, 0) is 9.59 Å². The van der Waals surface area contributed by atoms with Crippen molar-refractivity contribution in [2.45, 2.75) is 58.8 Å². The third kappa shape index (κ3) is 2.38. The zero-order chi connectivity index (χ0) is 15.2. The van der Waals surface area contributed by atoms with Crippen LogP contribution in [0.3, 0.4) is 0 Å². The smallest absolute Gasteiger partial charge is 0.136 e. The van der Waals surface area contributed by atoms with Gasteiger partial charge in [0.15, 0.2) is 0 Å². The standard InChI is InChI=1S/C18H28O3/c1-11(20)15-5-6-16-13-4-3-12(7-8-19)9-14(13)17(21)10-18(15,16)2/h12-16,19H,3-10H2,1-2H3/t12-,13+,14+,15-,16-,18+/m0/s1. The first kappa shape index (κ1) is 15.2. The molecule has 0 heterocycles. The minimum absolute atomic E-state index is 0.0755. The summed E-state index contributed by atoms with van der Waals surface area (Å²) in [5, 5.41) is 9.15. The molecule has 0 aliphatic heterocycles. The molecule has 3 rings (SSSR count). The fourth-order valence-electron chi connectivity index (χ4n) is 5.97. The normalized spacial score (nSPS) is 46.0. The molecule has 0 unspecified atom stereocenters. The molecule has 0 aromatic rings. The SMILES string of the molecule is CC(=O)[C@@H]1CC[C@H]2[C@@H]3CC[C@@H](CCO)C[C@H]3C(=O)C[C@]12C. The van der Waals surface area contributed by atoms with Crippen molar-refractivity contribution in [1.29, 1.82) is 0 Å². The Labute approximate surface area is 127 Å². The van der Waals surface area contributed by atoms with Gasteiger partial charge in [-0.2, -0.15) is 0 Å². The maximum atomic E-state index is 12.7. The van der Waals surface area contributed by atoms with E-state index in [2.05, 4.69) is 6.92 Å². The number of aliphatic hydroxyl groups excluding tert-OH is 1. The highest BCUT2D eigenvalue weighted by Crippen LogP contribution is 2.61. The first-order valence-corrected chi connectivity index (χ1v) is 8.61. The Bertz CT molecular complexity index is 444. The number of rotatable bonds is 3. The van der Waals surface area contributed by atoms with Crippen LogP contribution in [0.1, 0.15) is 58.8 Å². The van der Waals surface area contributed by atoms with Crippen molar-refractivity contribution < 1.29 is 14.7 Å². The summed E-state index contributed by atoms with van der Waals surface area (Å²) >= 11 is 0. The highest BCUT2D eigenvalue weighted by molar-refractivity contribution is 5.86. The van der Waals surface area contributed by atoms with Crippen molar-refractivity contribution in [3.63, 3.8) is 0 Å². The molecule has 0 radical (unpaired) electrons. The average molecular weight is 292 g/mol. The van der Waals surface area contributed by atoms with Gasteiger partial charge in [0.2, 0.25) is 0 Å². The Morgan fingerprint density at radius 3 is 2.71 bits per heavy atom. The molecular weight excluding hydrogens is 264 g/mol. The van der Waals surface area contributed by atoms with Gasteiger partial charge in [-0.25, -0.2) is 0 Å². The Kier molecular flexibility index (Phi) is 3.98. The molecule has 6 atom stereocenters. The zero-order valence-corrected chi connectivity index (χ0v) is 13.3. The molecular formula is C18H28O3. The summed E-state index contributed by atoms with van der Waals surface area (Å²) in [6.45, 7) is 4.14. The van der Waals surface area contributed by atoms with Gasteiger partial charge in [0.25, 0.3) is 0 Å². The van der Waals surface area contributed by atoms with Crippen LogP contribution >= 0.6 is 0 Å². The highest BCUT2D eigenvalue weighted by atomic mass is 16.3. The van der Waals surface area contributed by atoms with Gasteiger partial charge in [-0.05, 0) is 62.2 Å². The third-order valence-electron chi connectivity index (χ3n) is 6.94. The summed E-state index contributed by atoms with van der Waals surface area (Å²) in [6, 6.07) is 0. The van der Waals surface area contributed by atoms with Crippen molar-refractivity contribution in [3.8, 4) is 0 Å². The van der Waals surface area contributed by atoms with E-state index in [1.807, 2.05) is 0 Å². The molecule has 0 saturated heterocycles. The molecule has 3 aliphatic carbocycles. The monoisotopic (exact) mass is 292 g/mol. The van der Waals surface area contributed by atoms with E-state index in [9.17, 15) is 9.59 Å². The number of Topliss-reactive ketones (excluding diaryl/α,β-unsaturated/α-hetero) is 2. The van der Waals surface area contributed by atoms with E-state index in [1.165, 1.54) is 0 Å². The Balaban J connectivity index is 1.82. The summed E-state index contributed by atoms with van der Waals surface area (Å²) < 4.78 is 0. The van der Waals surface area contributed by atoms with E-state index in [-0.39, 0.29) is 29.6 Å². The second-order valence-corrected chi connectivity index (χ2v) is 7.96. The first-order valence-electron chi connectivity index (χ1n) is 8.61. The van der Waals surface area contributed by atoms with E-state index in [4.69, 9.17) is 5.11 Å². The predicted octanol–water partition coefficient (Wildman–Crippen LogP) is 3.00. The molecule has 3 aliphatic rings. The molecule has 118 valence electrons. The quantitative estimate of drug-likeness (QED) is 0.870. The van der Waals surface area contributed by atoms with Crippen LogP contribution in [0.25, 0.3) is 0 Å². The van der Waals surface area contributed by atoms with Crippen molar-refractivity contribution in [1.82, 2.24) is 0 Å². The van der Waals surface area contributed by atoms with Gasteiger partial charge in [-0.3, -0.25) is 9.59 Å². The summed E-state index contributed by atoms with van der Waals surface area (Å²) in [5.74, 6) is 2.56. The molecule has 3 fully saturated rings. The van der Waals surface area contributed by atoms with Crippen LogP contribution in [0.5, 0.6) is 0 Å². The van der Waals surface area contributed by atoms with Gasteiger partial charge in [0.05, 0.1) is 0 Å². The van der Waals surface area contributed by atoms with E-state index >= 15 is 0 Å². The van der Waals surface area contributed by atoms with Crippen LogP contribution in [0.4, 0.5) is 0 Å². The number of hydrogen-bond acceptors (Lipinski definition) is 3. The van der Waals surface area contributed by atoms with Gasteiger partial charge in [0.1, 0.15) is 11.6 Å². The van der Waals surface area contributed by atoms with Crippen LogP contribution in [-0.4, -0.2) is 23.3 Å². The minimum atomic E-state index is -0.0755. The molecule has 1 N–H and O–H groups in total. The van der Waals surface area contributed by atoms with Gasteiger partial charge >= 0.3 is 0 Å². The van der Waals surface area contributed by atoms with Crippen LogP contribution in [0.15, 0.2) is 0 Å². The molecule has 0 aromatic carbocycles. The minimum Gasteiger partial charge on any atom is -0.396 e. The summed E-state index contributed by atoms with van der Waals surface area (Å²) in [7, 11) is 0. The number of carbonyl (C=O) groups is 2. The van der Waals surface area contributed by atoms with Crippen molar-refractivity contribution in [3.05, 3.63) is 0 Å². The number of carbonyl (C=O) groups excluding carboxylic acids is 2. The number of aliphatic hydroxyl groups is 1. The topological polar surface area (TPSA) is 54.4 Å².